The van der Waals surface area contributed by atoms with Crippen molar-refractivity contribution in [3.63, 3.8) is 0 Å². The number of carbonyl (C=O) groups excluding carboxylic acids is 1. The molecule has 0 bridgehead atoms. The molecule has 0 radical (unpaired) electrons. The maximum absolute atomic E-state index is 12.0. The smallest absolute Gasteiger partial charge is 0.315 e. The highest BCUT2D eigenvalue weighted by Crippen LogP contribution is 2.27. The lowest BCUT2D eigenvalue weighted by Crippen LogP contribution is -2.45. The standard InChI is InChI=1S/C15H27N5O2/c1-4-20(5-2)10-8-17-15(21)18-12-6-11-22-13(12)14-16-7-9-19(14)3/h7,9,12-13H,4-6,8,10-11H2,1-3H3,(H2,17,18,21)/t12-,13-/m0/s1. The van der Waals surface area contributed by atoms with Crippen LogP contribution in [0.2, 0.25) is 0 Å². The van der Waals surface area contributed by atoms with Crippen LogP contribution in [0.15, 0.2) is 12.4 Å². The molecule has 2 rings (SSSR count). The van der Waals surface area contributed by atoms with Crippen molar-refractivity contribution in [1.29, 1.82) is 0 Å². The van der Waals surface area contributed by atoms with Gasteiger partial charge in [-0.15, -0.1) is 0 Å². The molecule has 2 N–H and O–H groups in total. The van der Waals surface area contributed by atoms with Crippen molar-refractivity contribution >= 4 is 6.03 Å². The molecule has 0 unspecified atom stereocenters. The van der Waals surface area contributed by atoms with Gasteiger partial charge in [0.25, 0.3) is 0 Å². The lowest BCUT2D eigenvalue weighted by molar-refractivity contribution is 0.0908. The van der Waals surface area contributed by atoms with Crippen LogP contribution in [0.4, 0.5) is 4.79 Å². The number of aromatic nitrogens is 2. The summed E-state index contributed by atoms with van der Waals surface area (Å²) in [5.41, 5.74) is 0. The Balaban J connectivity index is 1.79. The predicted octanol–water partition coefficient (Wildman–Crippen LogP) is 0.891. The fraction of sp³-hybridized carbons (Fsp3) is 0.733. The Labute approximate surface area is 132 Å². The number of hydrogen-bond donors (Lipinski definition) is 2. The first kappa shape index (κ1) is 16.8. The van der Waals surface area contributed by atoms with Gasteiger partial charge in [-0.05, 0) is 19.5 Å². The van der Waals surface area contributed by atoms with Gasteiger partial charge in [-0.25, -0.2) is 9.78 Å². The normalized spacial score (nSPS) is 21.3. The summed E-state index contributed by atoms with van der Waals surface area (Å²) in [6.07, 6.45) is 4.27. The molecule has 0 aromatic carbocycles. The molecule has 1 fully saturated rings. The molecule has 2 amide bonds. The molecule has 1 saturated heterocycles. The van der Waals surface area contributed by atoms with Crippen molar-refractivity contribution < 1.29 is 9.53 Å². The minimum Gasteiger partial charge on any atom is -0.368 e. The van der Waals surface area contributed by atoms with E-state index in [0.717, 1.165) is 31.9 Å². The van der Waals surface area contributed by atoms with Crippen LogP contribution < -0.4 is 10.6 Å². The van der Waals surface area contributed by atoms with E-state index in [4.69, 9.17) is 4.74 Å². The second-order valence-electron chi connectivity index (χ2n) is 5.51. The minimum absolute atomic E-state index is 0.0328. The Morgan fingerprint density at radius 1 is 1.50 bits per heavy atom. The number of nitrogens with zero attached hydrogens (tertiary/aromatic N) is 3. The van der Waals surface area contributed by atoms with Crippen molar-refractivity contribution in [2.75, 3.05) is 32.8 Å². The Kier molecular flexibility index (Phi) is 6.21. The van der Waals surface area contributed by atoms with E-state index in [1.165, 1.54) is 0 Å². The van der Waals surface area contributed by atoms with Crippen LogP contribution in [0.1, 0.15) is 32.2 Å². The molecule has 1 aromatic heterocycles. The largest absolute Gasteiger partial charge is 0.368 e. The van der Waals surface area contributed by atoms with Crippen molar-refractivity contribution in [1.82, 2.24) is 25.1 Å². The van der Waals surface area contributed by atoms with Crippen LogP contribution in [0.3, 0.4) is 0 Å². The summed E-state index contributed by atoms with van der Waals surface area (Å²) in [6, 6.07) is -0.170. The fourth-order valence-corrected chi connectivity index (χ4v) is 2.73. The van der Waals surface area contributed by atoms with Gasteiger partial charge in [0.2, 0.25) is 0 Å². The van der Waals surface area contributed by atoms with Gasteiger partial charge < -0.3 is 24.8 Å². The molecule has 2 heterocycles. The zero-order chi connectivity index (χ0) is 15.9. The summed E-state index contributed by atoms with van der Waals surface area (Å²) in [4.78, 5) is 18.6. The van der Waals surface area contributed by atoms with Crippen LogP contribution in [-0.4, -0.2) is 59.3 Å². The number of amides is 2. The second kappa shape index (κ2) is 8.14. The van der Waals surface area contributed by atoms with E-state index in [9.17, 15) is 4.79 Å². The SMILES string of the molecule is CCN(CC)CCNC(=O)N[C@H]1CCO[C@@H]1c1nccn1C. The van der Waals surface area contributed by atoms with Gasteiger partial charge in [0.05, 0.1) is 6.04 Å². The first-order chi connectivity index (χ1) is 10.7. The van der Waals surface area contributed by atoms with Crippen molar-refractivity contribution in [3.05, 3.63) is 18.2 Å². The summed E-state index contributed by atoms with van der Waals surface area (Å²) in [6.45, 7) is 8.39. The quantitative estimate of drug-likeness (QED) is 0.785. The number of urea groups is 1. The highest BCUT2D eigenvalue weighted by molar-refractivity contribution is 5.74. The lowest BCUT2D eigenvalue weighted by atomic mass is 10.1. The Morgan fingerprint density at radius 3 is 2.91 bits per heavy atom. The van der Waals surface area contributed by atoms with Gasteiger partial charge in [-0.3, -0.25) is 0 Å². The molecule has 1 aliphatic heterocycles. The van der Waals surface area contributed by atoms with Gasteiger partial charge in [-0.1, -0.05) is 13.8 Å². The highest BCUT2D eigenvalue weighted by atomic mass is 16.5. The average Bonchev–Trinajstić information content (AvgIpc) is 3.12. The van der Waals surface area contributed by atoms with E-state index in [-0.39, 0.29) is 18.2 Å². The maximum Gasteiger partial charge on any atom is 0.315 e. The summed E-state index contributed by atoms with van der Waals surface area (Å²) in [5, 5.41) is 5.92. The molecule has 1 aliphatic rings. The van der Waals surface area contributed by atoms with Crippen molar-refractivity contribution in [2.24, 2.45) is 7.05 Å². The van der Waals surface area contributed by atoms with E-state index < -0.39 is 0 Å². The molecule has 22 heavy (non-hydrogen) atoms. The topological polar surface area (TPSA) is 71.4 Å². The molecule has 7 nitrogen and oxygen atoms in total. The number of carbonyl (C=O) groups is 1. The minimum atomic E-state index is -0.173. The van der Waals surface area contributed by atoms with Gasteiger partial charge in [0.1, 0.15) is 11.9 Å². The van der Waals surface area contributed by atoms with Gasteiger partial charge in [0, 0.05) is 39.1 Å². The number of rotatable bonds is 7. The predicted molar refractivity (Wildman–Crippen MR) is 84.6 cm³/mol. The Hall–Kier alpha value is -1.60. The van der Waals surface area contributed by atoms with Crippen LogP contribution in [0.5, 0.6) is 0 Å². The number of imidazole rings is 1. The number of likely N-dealkylation sites (N-methyl/N-ethyl adjacent to an activating group) is 1. The fourth-order valence-electron chi connectivity index (χ4n) is 2.73. The van der Waals surface area contributed by atoms with Crippen LogP contribution >= 0.6 is 0 Å². The number of nitrogens with one attached hydrogen (secondary N) is 2. The number of aryl methyl sites for hydroxylation is 1. The molecule has 0 spiro atoms. The van der Waals surface area contributed by atoms with E-state index in [2.05, 4.69) is 34.4 Å². The third-order valence-corrected chi connectivity index (χ3v) is 4.13. The first-order valence-electron chi connectivity index (χ1n) is 8.01. The Bertz CT molecular complexity index is 472. The first-order valence-corrected chi connectivity index (χ1v) is 8.01. The molecular formula is C15H27N5O2. The van der Waals surface area contributed by atoms with Gasteiger partial charge in [-0.2, -0.15) is 0 Å². The third-order valence-electron chi connectivity index (χ3n) is 4.13. The molecule has 0 saturated carbocycles. The van der Waals surface area contributed by atoms with E-state index in [0.29, 0.717) is 13.2 Å². The molecule has 0 aliphatic carbocycles. The number of ether oxygens (including phenoxy) is 1. The molecular weight excluding hydrogens is 282 g/mol. The second-order valence-corrected chi connectivity index (χ2v) is 5.51. The van der Waals surface area contributed by atoms with E-state index in [1.807, 2.05) is 17.8 Å². The average molecular weight is 309 g/mol. The van der Waals surface area contributed by atoms with Crippen molar-refractivity contribution in [2.45, 2.75) is 32.4 Å². The zero-order valence-corrected chi connectivity index (χ0v) is 13.7. The molecule has 124 valence electrons. The monoisotopic (exact) mass is 309 g/mol. The molecule has 2 atom stereocenters. The zero-order valence-electron chi connectivity index (χ0n) is 13.7. The maximum atomic E-state index is 12.0. The van der Waals surface area contributed by atoms with Crippen LogP contribution in [0, 0.1) is 0 Å². The summed E-state index contributed by atoms with van der Waals surface area (Å²) in [7, 11) is 1.94. The molecule has 1 aromatic rings. The van der Waals surface area contributed by atoms with Crippen LogP contribution in [0.25, 0.3) is 0 Å². The van der Waals surface area contributed by atoms with Gasteiger partial charge in [0.15, 0.2) is 0 Å². The summed E-state index contributed by atoms with van der Waals surface area (Å²) < 4.78 is 7.67. The molecule has 7 heteroatoms. The van der Waals surface area contributed by atoms with Gasteiger partial charge >= 0.3 is 6.03 Å². The lowest BCUT2D eigenvalue weighted by Gasteiger charge is -2.21. The van der Waals surface area contributed by atoms with E-state index in [1.54, 1.807) is 6.20 Å². The highest BCUT2D eigenvalue weighted by Gasteiger charge is 2.33. The van der Waals surface area contributed by atoms with E-state index >= 15 is 0 Å². The van der Waals surface area contributed by atoms with Crippen molar-refractivity contribution in [3.8, 4) is 0 Å². The van der Waals surface area contributed by atoms with Crippen LogP contribution in [-0.2, 0) is 11.8 Å². The third kappa shape index (κ3) is 4.20. The summed E-state index contributed by atoms with van der Waals surface area (Å²) in [5.74, 6) is 0.853. The summed E-state index contributed by atoms with van der Waals surface area (Å²) >= 11 is 0. The number of hydrogen-bond acceptors (Lipinski definition) is 4. The Morgan fingerprint density at radius 2 is 2.27 bits per heavy atom.